The molecule has 1 aromatic carbocycles. The molecule has 0 aliphatic heterocycles. The number of aryl methyl sites for hydroxylation is 1. The van der Waals surface area contributed by atoms with Crippen molar-refractivity contribution in [1.82, 2.24) is 0 Å². The molecular weight excluding hydrogens is 411 g/mol. The van der Waals surface area contributed by atoms with Gasteiger partial charge in [0.05, 0.1) is 15.4 Å². The van der Waals surface area contributed by atoms with Crippen molar-refractivity contribution in [2.24, 2.45) is 0 Å². The first kappa shape index (κ1) is 19.6. The van der Waals surface area contributed by atoms with Crippen LogP contribution in [0.25, 0.3) is 10.4 Å². The van der Waals surface area contributed by atoms with Crippen LogP contribution in [0.2, 0.25) is 0 Å². The summed E-state index contributed by atoms with van der Waals surface area (Å²) in [5.74, 6) is -1.59. The molecule has 4 nitrogen and oxygen atoms in total. The first-order valence-corrected chi connectivity index (χ1v) is 10.00. The number of anilines is 1. The van der Waals surface area contributed by atoms with E-state index in [2.05, 4.69) is 5.32 Å². The highest BCUT2D eigenvalue weighted by atomic mass is 32.1. The summed E-state index contributed by atoms with van der Waals surface area (Å²) in [5, 5.41) is 15.6. The van der Waals surface area contributed by atoms with Gasteiger partial charge in [0.1, 0.15) is 5.56 Å². The van der Waals surface area contributed by atoms with Crippen molar-refractivity contribution < 1.29 is 23.5 Å². The Morgan fingerprint density at radius 3 is 2.33 bits per heavy atom. The van der Waals surface area contributed by atoms with Gasteiger partial charge in [0, 0.05) is 10.9 Å². The van der Waals surface area contributed by atoms with Gasteiger partial charge in [-0.2, -0.15) is 8.78 Å². The van der Waals surface area contributed by atoms with E-state index in [1.807, 2.05) is 0 Å². The Morgan fingerprint density at radius 2 is 1.81 bits per heavy atom. The highest BCUT2D eigenvalue weighted by Gasteiger charge is 2.26. The average molecular weight is 425 g/mol. The van der Waals surface area contributed by atoms with Gasteiger partial charge in [0.2, 0.25) is 0 Å². The fraction of sp³-hybridized carbons (Fsp3) is 0.111. The van der Waals surface area contributed by atoms with Gasteiger partial charge in [0.25, 0.3) is 11.6 Å². The molecule has 2 heterocycles. The van der Waals surface area contributed by atoms with Gasteiger partial charge in [-0.05, 0) is 29.5 Å². The molecular formula is C18H14F2NO3PS2. The number of hydrogen-bond donors (Lipinski definition) is 2. The highest BCUT2D eigenvalue weighted by Crippen LogP contribution is 2.39. The molecule has 2 N–H and O–H groups in total. The number of nitrogens with one attached hydrogen (secondary N) is 1. The van der Waals surface area contributed by atoms with Crippen LogP contribution in [0.4, 0.5) is 14.5 Å². The molecule has 3 rings (SSSR count). The predicted octanol–water partition coefficient (Wildman–Crippen LogP) is 5.66. The summed E-state index contributed by atoms with van der Waals surface area (Å²) in [4.78, 5) is 25.1. The number of rotatable bonds is 5. The van der Waals surface area contributed by atoms with E-state index in [9.17, 15) is 23.5 Å². The van der Waals surface area contributed by atoms with Crippen molar-refractivity contribution in [3.63, 3.8) is 0 Å². The van der Waals surface area contributed by atoms with Gasteiger partial charge < -0.3 is 10.4 Å². The van der Waals surface area contributed by atoms with Crippen LogP contribution >= 0.6 is 31.9 Å². The van der Waals surface area contributed by atoms with Crippen LogP contribution in [0.1, 0.15) is 31.2 Å². The summed E-state index contributed by atoms with van der Waals surface area (Å²) in [5.41, 5.74) is -1.83. The van der Waals surface area contributed by atoms with Crippen LogP contribution < -0.4 is 5.32 Å². The Labute approximate surface area is 164 Å². The molecule has 1 atom stereocenters. The summed E-state index contributed by atoms with van der Waals surface area (Å²) in [7, 11) is 1.46. The van der Waals surface area contributed by atoms with E-state index in [0.29, 0.717) is 15.3 Å². The lowest BCUT2D eigenvalue weighted by Crippen LogP contribution is -2.13. The summed E-state index contributed by atoms with van der Waals surface area (Å²) in [6.45, 7) is 1.80. The lowest BCUT2D eigenvalue weighted by atomic mass is 10.1. The number of carboxylic acids is 1. The van der Waals surface area contributed by atoms with Gasteiger partial charge in [-0.3, -0.25) is 4.79 Å². The van der Waals surface area contributed by atoms with E-state index in [1.165, 1.54) is 50.2 Å². The number of carbonyl (C=O) groups is 2. The van der Waals surface area contributed by atoms with Crippen molar-refractivity contribution in [1.29, 1.82) is 0 Å². The zero-order chi connectivity index (χ0) is 19.8. The molecule has 9 heteroatoms. The number of carboxylic acid groups (broad SMARTS) is 1. The molecule has 27 heavy (non-hydrogen) atoms. The second-order valence-corrected chi connectivity index (χ2v) is 8.27. The van der Waals surface area contributed by atoms with E-state index in [1.54, 1.807) is 18.4 Å². The van der Waals surface area contributed by atoms with Crippen molar-refractivity contribution in [3.05, 3.63) is 62.7 Å². The predicted molar refractivity (Wildman–Crippen MR) is 107 cm³/mol. The first-order chi connectivity index (χ1) is 12.7. The Kier molecular flexibility index (Phi) is 5.42. The van der Waals surface area contributed by atoms with E-state index in [-0.39, 0.29) is 22.7 Å². The largest absolute Gasteiger partial charge is 0.478 e. The highest BCUT2D eigenvalue weighted by molar-refractivity contribution is 7.17. The number of carbonyl (C=O) groups excluding carboxylic acids is 1. The van der Waals surface area contributed by atoms with Crippen molar-refractivity contribution in [2.75, 3.05) is 5.32 Å². The maximum atomic E-state index is 13.3. The van der Waals surface area contributed by atoms with Crippen LogP contribution in [0, 0.1) is 6.92 Å². The van der Waals surface area contributed by atoms with E-state index in [0.717, 1.165) is 16.9 Å². The summed E-state index contributed by atoms with van der Waals surface area (Å²) < 4.78 is 26.7. The Morgan fingerprint density at radius 1 is 1.15 bits per heavy atom. The maximum absolute atomic E-state index is 13.3. The van der Waals surface area contributed by atoms with Crippen molar-refractivity contribution >= 4 is 49.5 Å². The van der Waals surface area contributed by atoms with Crippen LogP contribution in [0.5, 0.6) is 0 Å². The van der Waals surface area contributed by atoms with Gasteiger partial charge >= 0.3 is 5.97 Å². The third-order valence-electron chi connectivity index (χ3n) is 3.85. The molecule has 0 radical (unpaired) electrons. The molecule has 0 aliphatic carbocycles. The minimum atomic E-state index is -3.05. The number of aromatic carboxylic acids is 1. The lowest BCUT2D eigenvalue weighted by molar-refractivity contribution is 0.0699. The first-order valence-electron chi connectivity index (χ1n) is 7.66. The SMILES string of the molecule is Cc1ccsc1C(=O)Nc1csc(-c2ccc(C(F)(F)P)cc2)c1C(=O)O. The smallest absolute Gasteiger partial charge is 0.339 e. The van der Waals surface area contributed by atoms with E-state index in [4.69, 9.17) is 0 Å². The molecule has 2 aromatic heterocycles. The molecule has 1 amide bonds. The average Bonchev–Trinajstić information content (AvgIpc) is 3.20. The van der Waals surface area contributed by atoms with Crippen LogP contribution in [0.3, 0.4) is 0 Å². The van der Waals surface area contributed by atoms with E-state index >= 15 is 0 Å². The van der Waals surface area contributed by atoms with Crippen LogP contribution in [-0.4, -0.2) is 17.0 Å². The number of thiophene rings is 2. The molecule has 140 valence electrons. The fourth-order valence-electron chi connectivity index (χ4n) is 2.50. The molecule has 0 fully saturated rings. The normalized spacial score (nSPS) is 11.4. The van der Waals surface area contributed by atoms with Gasteiger partial charge in [-0.1, -0.05) is 33.5 Å². The van der Waals surface area contributed by atoms with Gasteiger partial charge in [0.15, 0.2) is 0 Å². The van der Waals surface area contributed by atoms with Crippen molar-refractivity contribution in [3.8, 4) is 10.4 Å². The second-order valence-electron chi connectivity index (χ2n) is 5.75. The molecule has 0 saturated carbocycles. The molecule has 1 unspecified atom stereocenters. The minimum absolute atomic E-state index is 0.0621. The molecule has 0 aliphatic rings. The Bertz CT molecular complexity index is 1010. The number of halogens is 2. The topological polar surface area (TPSA) is 66.4 Å². The number of amides is 1. The maximum Gasteiger partial charge on any atom is 0.339 e. The van der Waals surface area contributed by atoms with E-state index < -0.39 is 11.6 Å². The summed E-state index contributed by atoms with van der Waals surface area (Å²) in [6, 6.07) is 7.20. The molecule has 3 aromatic rings. The standard InChI is InChI=1S/C18H14F2NO3PS2/c1-9-6-7-26-14(9)16(22)21-12-8-27-15(13(12)17(23)24)10-2-4-11(5-3-10)18(19,20)25/h2-8H,25H2,1H3,(H,21,22)(H,23,24). The third kappa shape index (κ3) is 4.08. The van der Waals surface area contributed by atoms with Gasteiger partial charge in [-0.25, -0.2) is 4.79 Å². The van der Waals surface area contributed by atoms with Gasteiger partial charge in [-0.15, -0.1) is 22.7 Å². The molecule has 0 bridgehead atoms. The summed E-state index contributed by atoms with van der Waals surface area (Å²) >= 11 is 2.40. The lowest BCUT2D eigenvalue weighted by Gasteiger charge is -2.11. The molecule has 0 saturated heterocycles. The Hall–Kier alpha value is -2.15. The minimum Gasteiger partial charge on any atom is -0.478 e. The quantitative estimate of drug-likeness (QED) is 0.519. The number of benzene rings is 1. The summed E-state index contributed by atoms with van der Waals surface area (Å²) in [6.07, 6.45) is 0. The fourth-order valence-corrected chi connectivity index (χ4v) is 4.52. The number of hydrogen-bond acceptors (Lipinski definition) is 4. The van der Waals surface area contributed by atoms with Crippen molar-refractivity contribution in [2.45, 2.75) is 12.6 Å². The van der Waals surface area contributed by atoms with Crippen LogP contribution in [-0.2, 0) is 5.66 Å². The number of alkyl halides is 2. The van der Waals surface area contributed by atoms with Crippen LogP contribution in [0.15, 0.2) is 41.1 Å². The zero-order valence-electron chi connectivity index (χ0n) is 14.0. The monoisotopic (exact) mass is 425 g/mol. The zero-order valence-corrected chi connectivity index (χ0v) is 16.7. The third-order valence-corrected chi connectivity index (χ3v) is 6.23. The Balaban J connectivity index is 1.95. The molecule has 0 spiro atoms. The second kappa shape index (κ2) is 7.46.